The lowest BCUT2D eigenvalue weighted by molar-refractivity contribution is -0.127. The number of hydrazine groups is 1. The van der Waals surface area contributed by atoms with Gasteiger partial charge in [0.2, 0.25) is 5.91 Å². The van der Waals surface area contributed by atoms with Gasteiger partial charge in [-0.3, -0.25) is 20.4 Å². The van der Waals surface area contributed by atoms with Gasteiger partial charge in [-0.2, -0.15) is 0 Å². The van der Waals surface area contributed by atoms with Crippen LogP contribution in [0.25, 0.3) is 0 Å². The summed E-state index contributed by atoms with van der Waals surface area (Å²) in [6, 6.07) is 13.5. The van der Waals surface area contributed by atoms with Gasteiger partial charge in [-0.1, -0.05) is 24.3 Å². The van der Waals surface area contributed by atoms with Crippen molar-refractivity contribution in [2.75, 3.05) is 31.2 Å². The van der Waals surface area contributed by atoms with E-state index >= 15 is 0 Å². The first-order valence-electron chi connectivity index (χ1n) is 9.48. The highest BCUT2D eigenvalue weighted by molar-refractivity contribution is 5.86. The van der Waals surface area contributed by atoms with Crippen LogP contribution in [-0.2, 0) is 22.4 Å². The number of ether oxygens (including phenoxy) is 2. The standard InChI is InChI=1S/C21H23N3O4/c25-20(13-15-7-8-18-19(12-15)28-11-10-27-18)22-23-21(26)14-24-9-3-5-16-4-1-2-6-17(16)24/h1-2,4,6-8,12H,3,5,9-11,13-14H2,(H,22,25)(H,23,26). The third-order valence-corrected chi connectivity index (χ3v) is 4.85. The first kappa shape index (κ1) is 18.2. The molecule has 2 amide bonds. The van der Waals surface area contributed by atoms with E-state index in [0.29, 0.717) is 24.7 Å². The molecular formula is C21H23N3O4. The Kier molecular flexibility index (Phi) is 5.32. The number of amides is 2. The zero-order valence-corrected chi connectivity index (χ0v) is 15.6. The van der Waals surface area contributed by atoms with Gasteiger partial charge in [0.15, 0.2) is 11.5 Å². The summed E-state index contributed by atoms with van der Waals surface area (Å²) < 4.78 is 11.0. The van der Waals surface area contributed by atoms with Crippen LogP contribution in [-0.4, -0.2) is 38.1 Å². The van der Waals surface area contributed by atoms with E-state index in [0.717, 1.165) is 30.6 Å². The van der Waals surface area contributed by atoms with Crippen molar-refractivity contribution in [3.63, 3.8) is 0 Å². The quantitative estimate of drug-likeness (QED) is 0.787. The van der Waals surface area contributed by atoms with Crippen LogP contribution in [0.15, 0.2) is 42.5 Å². The largest absolute Gasteiger partial charge is 0.486 e. The molecule has 0 saturated carbocycles. The van der Waals surface area contributed by atoms with Crippen molar-refractivity contribution < 1.29 is 19.1 Å². The van der Waals surface area contributed by atoms with Crippen molar-refractivity contribution >= 4 is 17.5 Å². The van der Waals surface area contributed by atoms with Crippen molar-refractivity contribution in [2.24, 2.45) is 0 Å². The molecular weight excluding hydrogens is 358 g/mol. The van der Waals surface area contributed by atoms with Gasteiger partial charge in [0, 0.05) is 12.2 Å². The number of nitrogens with zero attached hydrogens (tertiary/aromatic N) is 1. The first-order valence-corrected chi connectivity index (χ1v) is 9.48. The molecule has 146 valence electrons. The Bertz CT molecular complexity index is 884. The third-order valence-electron chi connectivity index (χ3n) is 4.85. The lowest BCUT2D eigenvalue weighted by atomic mass is 10.0. The van der Waals surface area contributed by atoms with Gasteiger partial charge in [-0.15, -0.1) is 0 Å². The molecule has 0 spiro atoms. The summed E-state index contributed by atoms with van der Waals surface area (Å²) in [6.07, 6.45) is 2.19. The second-order valence-electron chi connectivity index (χ2n) is 6.90. The fraction of sp³-hybridized carbons (Fsp3) is 0.333. The minimum Gasteiger partial charge on any atom is -0.486 e. The van der Waals surface area contributed by atoms with E-state index in [1.165, 1.54) is 5.56 Å². The van der Waals surface area contributed by atoms with Gasteiger partial charge < -0.3 is 14.4 Å². The molecule has 2 N–H and O–H groups in total. The van der Waals surface area contributed by atoms with Crippen LogP contribution in [0, 0.1) is 0 Å². The average molecular weight is 381 g/mol. The summed E-state index contributed by atoms with van der Waals surface area (Å²) in [6.45, 7) is 2.07. The monoisotopic (exact) mass is 381 g/mol. The lowest BCUT2D eigenvalue weighted by Gasteiger charge is -2.30. The van der Waals surface area contributed by atoms with E-state index in [-0.39, 0.29) is 24.8 Å². The van der Waals surface area contributed by atoms with Crippen LogP contribution >= 0.6 is 0 Å². The second-order valence-corrected chi connectivity index (χ2v) is 6.90. The van der Waals surface area contributed by atoms with Gasteiger partial charge in [-0.25, -0.2) is 0 Å². The van der Waals surface area contributed by atoms with E-state index < -0.39 is 0 Å². The first-order chi connectivity index (χ1) is 13.7. The van der Waals surface area contributed by atoms with Crippen LogP contribution in [0.2, 0.25) is 0 Å². The second kappa shape index (κ2) is 8.21. The Morgan fingerprint density at radius 1 is 0.964 bits per heavy atom. The Balaban J connectivity index is 1.28. The average Bonchev–Trinajstić information content (AvgIpc) is 2.72. The number of carbonyl (C=O) groups excluding carboxylic acids is 2. The highest BCUT2D eigenvalue weighted by Crippen LogP contribution is 2.30. The number of hydrogen-bond acceptors (Lipinski definition) is 5. The normalized spacial score (nSPS) is 14.8. The lowest BCUT2D eigenvalue weighted by Crippen LogP contribution is -2.47. The van der Waals surface area contributed by atoms with E-state index in [1.807, 2.05) is 29.2 Å². The Labute approximate surface area is 163 Å². The molecule has 0 unspecified atom stereocenters. The topological polar surface area (TPSA) is 79.9 Å². The summed E-state index contributed by atoms with van der Waals surface area (Å²) in [5.41, 5.74) is 8.13. The number of hydrogen-bond donors (Lipinski definition) is 2. The predicted octanol–water partition coefficient (Wildman–Crippen LogP) is 1.60. The summed E-state index contributed by atoms with van der Waals surface area (Å²) >= 11 is 0. The molecule has 2 aliphatic heterocycles. The number of para-hydroxylation sites is 1. The smallest absolute Gasteiger partial charge is 0.257 e. The maximum Gasteiger partial charge on any atom is 0.257 e. The maximum atomic E-state index is 12.3. The molecule has 2 aromatic carbocycles. The summed E-state index contributed by atoms with van der Waals surface area (Å²) in [7, 11) is 0. The van der Waals surface area contributed by atoms with Gasteiger partial charge in [0.1, 0.15) is 13.2 Å². The van der Waals surface area contributed by atoms with E-state index in [2.05, 4.69) is 16.9 Å². The molecule has 0 aromatic heterocycles. The molecule has 7 nitrogen and oxygen atoms in total. The number of nitrogens with one attached hydrogen (secondary N) is 2. The van der Waals surface area contributed by atoms with Crippen molar-refractivity contribution in [1.82, 2.24) is 10.9 Å². The summed E-state index contributed by atoms with van der Waals surface area (Å²) in [4.78, 5) is 26.5. The molecule has 0 bridgehead atoms. The van der Waals surface area contributed by atoms with E-state index in [9.17, 15) is 9.59 Å². The number of carbonyl (C=O) groups is 2. The van der Waals surface area contributed by atoms with Crippen molar-refractivity contribution in [1.29, 1.82) is 0 Å². The van der Waals surface area contributed by atoms with Crippen LogP contribution in [0.1, 0.15) is 17.5 Å². The zero-order chi connectivity index (χ0) is 19.3. The van der Waals surface area contributed by atoms with Crippen molar-refractivity contribution in [2.45, 2.75) is 19.3 Å². The molecule has 4 rings (SSSR count). The molecule has 0 aliphatic carbocycles. The Morgan fingerprint density at radius 2 is 1.75 bits per heavy atom. The van der Waals surface area contributed by atoms with Crippen LogP contribution in [0.4, 0.5) is 5.69 Å². The minimum absolute atomic E-state index is 0.142. The molecule has 7 heteroatoms. The SMILES string of the molecule is O=C(Cc1ccc2c(c1)OCCO2)NNC(=O)CN1CCCc2ccccc21. The highest BCUT2D eigenvalue weighted by atomic mass is 16.6. The molecule has 0 atom stereocenters. The number of benzene rings is 2. The molecule has 28 heavy (non-hydrogen) atoms. The van der Waals surface area contributed by atoms with Crippen LogP contribution in [0.5, 0.6) is 11.5 Å². The molecule has 0 fully saturated rings. The fourth-order valence-electron chi connectivity index (χ4n) is 3.56. The van der Waals surface area contributed by atoms with Gasteiger partial charge in [-0.05, 0) is 42.2 Å². The van der Waals surface area contributed by atoms with E-state index in [4.69, 9.17) is 9.47 Å². The zero-order valence-electron chi connectivity index (χ0n) is 15.6. The summed E-state index contributed by atoms with van der Waals surface area (Å²) in [5.74, 6) is 0.797. The fourth-order valence-corrected chi connectivity index (χ4v) is 3.56. The number of fused-ring (bicyclic) bond motifs is 2. The minimum atomic E-state index is -0.288. The van der Waals surface area contributed by atoms with Crippen molar-refractivity contribution in [3.8, 4) is 11.5 Å². The van der Waals surface area contributed by atoms with Gasteiger partial charge >= 0.3 is 0 Å². The molecule has 2 aromatic rings. The summed E-state index contributed by atoms with van der Waals surface area (Å²) in [5, 5.41) is 0. The van der Waals surface area contributed by atoms with Crippen LogP contribution < -0.4 is 25.2 Å². The number of rotatable bonds is 4. The van der Waals surface area contributed by atoms with Gasteiger partial charge in [0.05, 0.1) is 13.0 Å². The maximum absolute atomic E-state index is 12.3. The van der Waals surface area contributed by atoms with E-state index in [1.54, 1.807) is 12.1 Å². The Morgan fingerprint density at radius 3 is 2.64 bits per heavy atom. The molecule has 0 radical (unpaired) electrons. The third kappa shape index (κ3) is 4.19. The molecule has 2 aliphatic rings. The molecule has 0 saturated heterocycles. The van der Waals surface area contributed by atoms with Crippen molar-refractivity contribution in [3.05, 3.63) is 53.6 Å². The van der Waals surface area contributed by atoms with Crippen LogP contribution in [0.3, 0.4) is 0 Å². The Hall–Kier alpha value is -3.22. The predicted molar refractivity (Wildman–Crippen MR) is 104 cm³/mol. The number of aryl methyl sites for hydroxylation is 1. The molecule has 2 heterocycles. The number of anilines is 1. The van der Waals surface area contributed by atoms with Gasteiger partial charge in [0.25, 0.3) is 5.91 Å². The highest BCUT2D eigenvalue weighted by Gasteiger charge is 2.19.